The fourth-order valence-corrected chi connectivity index (χ4v) is 1.79. The van der Waals surface area contributed by atoms with Gasteiger partial charge in [0.05, 0.1) is 12.1 Å². The minimum absolute atomic E-state index is 0.154. The Morgan fingerprint density at radius 1 is 1.17 bits per heavy atom. The summed E-state index contributed by atoms with van der Waals surface area (Å²) in [5, 5.41) is -0.154. The molecule has 92 valence electrons. The molecule has 0 heterocycles. The first-order chi connectivity index (χ1) is 8.63. The van der Waals surface area contributed by atoms with Crippen LogP contribution in [0.5, 0.6) is 5.75 Å². The molecule has 2 rings (SSSR count). The van der Waals surface area contributed by atoms with E-state index in [9.17, 15) is 9.18 Å². The summed E-state index contributed by atoms with van der Waals surface area (Å²) in [5.74, 6) is -0.268. The molecule has 2 aromatic carbocycles. The molecule has 0 amide bonds. The van der Waals surface area contributed by atoms with E-state index in [-0.39, 0.29) is 16.4 Å². The molecule has 0 bridgehead atoms. The quantitative estimate of drug-likeness (QED) is 0.790. The fourth-order valence-electron chi connectivity index (χ4n) is 1.58. The van der Waals surface area contributed by atoms with Crippen LogP contribution in [-0.2, 0) is 0 Å². The standard InChI is InChI=1S/C14H10ClFO2/c1-18-10-7-5-9(6-8-10)14(17)11-3-2-4-12(16)13(11)15/h2-8H,1H3. The van der Waals surface area contributed by atoms with Crippen LogP contribution in [0.3, 0.4) is 0 Å². The van der Waals surface area contributed by atoms with Crippen LogP contribution in [0.15, 0.2) is 42.5 Å². The Morgan fingerprint density at radius 2 is 1.83 bits per heavy atom. The predicted molar refractivity (Wildman–Crippen MR) is 67.8 cm³/mol. The molecule has 0 unspecified atom stereocenters. The first kappa shape index (κ1) is 12.6. The van der Waals surface area contributed by atoms with Crippen LogP contribution in [0.4, 0.5) is 4.39 Å². The van der Waals surface area contributed by atoms with Crippen molar-refractivity contribution in [1.29, 1.82) is 0 Å². The van der Waals surface area contributed by atoms with Crippen molar-refractivity contribution in [3.8, 4) is 5.75 Å². The van der Waals surface area contributed by atoms with E-state index in [0.29, 0.717) is 11.3 Å². The van der Waals surface area contributed by atoms with Gasteiger partial charge in [-0.25, -0.2) is 4.39 Å². The zero-order chi connectivity index (χ0) is 13.1. The summed E-state index contributed by atoms with van der Waals surface area (Å²) in [7, 11) is 1.54. The topological polar surface area (TPSA) is 26.3 Å². The molecular weight excluding hydrogens is 255 g/mol. The van der Waals surface area contributed by atoms with Gasteiger partial charge in [-0.15, -0.1) is 0 Å². The minimum Gasteiger partial charge on any atom is -0.497 e. The van der Waals surface area contributed by atoms with Crippen molar-refractivity contribution in [3.05, 3.63) is 64.4 Å². The van der Waals surface area contributed by atoms with Gasteiger partial charge in [-0.05, 0) is 36.4 Å². The third-order valence-corrected chi connectivity index (χ3v) is 2.93. The maximum Gasteiger partial charge on any atom is 0.194 e. The van der Waals surface area contributed by atoms with Crippen molar-refractivity contribution in [2.24, 2.45) is 0 Å². The number of hydrogen-bond acceptors (Lipinski definition) is 2. The van der Waals surface area contributed by atoms with E-state index in [2.05, 4.69) is 0 Å². The lowest BCUT2D eigenvalue weighted by Crippen LogP contribution is -2.03. The van der Waals surface area contributed by atoms with E-state index in [1.807, 2.05) is 0 Å². The smallest absolute Gasteiger partial charge is 0.194 e. The predicted octanol–water partition coefficient (Wildman–Crippen LogP) is 3.72. The molecule has 0 saturated carbocycles. The van der Waals surface area contributed by atoms with Gasteiger partial charge in [0, 0.05) is 11.1 Å². The van der Waals surface area contributed by atoms with E-state index in [0.717, 1.165) is 0 Å². The number of halogens is 2. The zero-order valence-corrected chi connectivity index (χ0v) is 10.4. The Balaban J connectivity index is 2.38. The van der Waals surface area contributed by atoms with Crippen molar-refractivity contribution < 1.29 is 13.9 Å². The van der Waals surface area contributed by atoms with Gasteiger partial charge in [-0.3, -0.25) is 4.79 Å². The second-order valence-electron chi connectivity index (χ2n) is 3.66. The molecule has 0 aliphatic carbocycles. The van der Waals surface area contributed by atoms with Gasteiger partial charge in [0.25, 0.3) is 0 Å². The molecule has 4 heteroatoms. The van der Waals surface area contributed by atoms with E-state index in [4.69, 9.17) is 16.3 Å². The molecule has 0 atom stereocenters. The van der Waals surface area contributed by atoms with Gasteiger partial charge in [-0.1, -0.05) is 17.7 Å². The summed E-state index contributed by atoms with van der Waals surface area (Å²) >= 11 is 5.78. The molecule has 0 spiro atoms. The summed E-state index contributed by atoms with van der Waals surface area (Å²) in [6.45, 7) is 0. The lowest BCUT2D eigenvalue weighted by Gasteiger charge is -2.05. The first-order valence-electron chi connectivity index (χ1n) is 5.26. The summed E-state index contributed by atoms with van der Waals surface area (Å²) in [6, 6.07) is 10.7. The van der Waals surface area contributed by atoms with Crippen LogP contribution < -0.4 is 4.74 Å². The van der Waals surface area contributed by atoms with Crippen molar-refractivity contribution in [2.75, 3.05) is 7.11 Å². The molecule has 0 N–H and O–H groups in total. The van der Waals surface area contributed by atoms with Crippen LogP contribution in [-0.4, -0.2) is 12.9 Å². The van der Waals surface area contributed by atoms with Crippen molar-refractivity contribution in [3.63, 3.8) is 0 Å². The number of carbonyl (C=O) groups is 1. The number of ether oxygens (including phenoxy) is 1. The van der Waals surface area contributed by atoms with Gasteiger partial charge < -0.3 is 4.74 Å². The van der Waals surface area contributed by atoms with Gasteiger partial charge in [0.2, 0.25) is 0 Å². The van der Waals surface area contributed by atoms with Crippen LogP contribution in [0.2, 0.25) is 5.02 Å². The second-order valence-corrected chi connectivity index (χ2v) is 4.04. The number of hydrogen-bond donors (Lipinski definition) is 0. The molecule has 0 aromatic heterocycles. The van der Waals surface area contributed by atoms with Gasteiger partial charge in [-0.2, -0.15) is 0 Å². The van der Waals surface area contributed by atoms with Crippen molar-refractivity contribution in [1.82, 2.24) is 0 Å². The van der Waals surface area contributed by atoms with Crippen LogP contribution in [0.25, 0.3) is 0 Å². The lowest BCUT2D eigenvalue weighted by molar-refractivity contribution is 0.103. The third-order valence-electron chi connectivity index (χ3n) is 2.55. The average molecular weight is 265 g/mol. The molecular formula is C14H10ClFO2. The Hall–Kier alpha value is -1.87. The third kappa shape index (κ3) is 2.36. The molecule has 0 aliphatic heterocycles. The summed E-state index contributed by atoms with van der Waals surface area (Å²) < 4.78 is 18.3. The Bertz CT molecular complexity index is 579. The Kier molecular flexibility index (Phi) is 3.63. The summed E-state index contributed by atoms with van der Waals surface area (Å²) in [4.78, 5) is 12.1. The first-order valence-corrected chi connectivity index (χ1v) is 5.64. The second kappa shape index (κ2) is 5.19. The van der Waals surface area contributed by atoms with Crippen molar-refractivity contribution >= 4 is 17.4 Å². The van der Waals surface area contributed by atoms with E-state index in [1.54, 1.807) is 31.4 Å². The number of ketones is 1. The van der Waals surface area contributed by atoms with E-state index >= 15 is 0 Å². The van der Waals surface area contributed by atoms with E-state index < -0.39 is 5.82 Å². The number of carbonyl (C=O) groups excluding carboxylic acids is 1. The number of methoxy groups -OCH3 is 1. The minimum atomic E-state index is -0.601. The maximum atomic E-state index is 13.3. The molecule has 2 aromatic rings. The van der Waals surface area contributed by atoms with Gasteiger partial charge in [0.15, 0.2) is 5.78 Å². The molecule has 0 radical (unpaired) electrons. The van der Waals surface area contributed by atoms with Crippen molar-refractivity contribution in [2.45, 2.75) is 0 Å². The van der Waals surface area contributed by atoms with Gasteiger partial charge in [0.1, 0.15) is 11.6 Å². The average Bonchev–Trinajstić information content (AvgIpc) is 2.41. The van der Waals surface area contributed by atoms with E-state index in [1.165, 1.54) is 18.2 Å². The molecule has 0 saturated heterocycles. The Labute approximate surface area is 109 Å². The number of benzene rings is 2. The maximum absolute atomic E-state index is 13.3. The van der Waals surface area contributed by atoms with Crippen LogP contribution in [0, 0.1) is 5.82 Å². The highest BCUT2D eigenvalue weighted by Crippen LogP contribution is 2.23. The van der Waals surface area contributed by atoms with Crippen LogP contribution >= 0.6 is 11.6 Å². The highest BCUT2D eigenvalue weighted by atomic mass is 35.5. The fraction of sp³-hybridized carbons (Fsp3) is 0.0714. The highest BCUT2D eigenvalue weighted by molar-refractivity contribution is 6.35. The monoisotopic (exact) mass is 264 g/mol. The lowest BCUT2D eigenvalue weighted by atomic mass is 10.0. The summed E-state index contributed by atoms with van der Waals surface area (Å²) in [5.41, 5.74) is 0.588. The molecule has 2 nitrogen and oxygen atoms in total. The molecule has 0 fully saturated rings. The molecule has 0 aliphatic rings. The van der Waals surface area contributed by atoms with Crippen LogP contribution in [0.1, 0.15) is 15.9 Å². The SMILES string of the molecule is COc1ccc(C(=O)c2cccc(F)c2Cl)cc1. The Morgan fingerprint density at radius 3 is 2.44 bits per heavy atom. The highest BCUT2D eigenvalue weighted by Gasteiger charge is 2.15. The summed E-state index contributed by atoms with van der Waals surface area (Å²) in [6.07, 6.45) is 0. The number of rotatable bonds is 3. The van der Waals surface area contributed by atoms with Gasteiger partial charge >= 0.3 is 0 Å². The zero-order valence-electron chi connectivity index (χ0n) is 9.61. The molecule has 18 heavy (non-hydrogen) atoms. The normalized spacial score (nSPS) is 10.2. The largest absolute Gasteiger partial charge is 0.497 e.